The van der Waals surface area contributed by atoms with E-state index in [4.69, 9.17) is 0 Å². The van der Waals surface area contributed by atoms with E-state index in [1.807, 2.05) is 30.3 Å². The van der Waals surface area contributed by atoms with Crippen LogP contribution < -0.4 is 4.72 Å². The number of fused-ring (bicyclic) bond motifs is 1. The smallest absolute Gasteiger partial charge is 0.337 e. The van der Waals surface area contributed by atoms with Crippen LogP contribution in [0.1, 0.15) is 10.4 Å². The topological polar surface area (TPSA) is 96.4 Å². The summed E-state index contributed by atoms with van der Waals surface area (Å²) < 4.78 is 28.6. The fourth-order valence-corrected chi connectivity index (χ4v) is 4.31. The van der Waals surface area contributed by atoms with Crippen molar-refractivity contribution in [2.75, 3.05) is 4.72 Å². The maximum atomic E-state index is 13.1. The van der Waals surface area contributed by atoms with Crippen LogP contribution >= 0.6 is 0 Å². The summed E-state index contributed by atoms with van der Waals surface area (Å²) in [4.78, 5) is 15.6. The fourth-order valence-electron chi connectivity index (χ4n) is 3.03. The average molecular weight is 402 g/mol. The Hall–Kier alpha value is -3.89. The van der Waals surface area contributed by atoms with Crippen LogP contribution in [0.25, 0.3) is 22.0 Å². The highest BCUT2D eigenvalue weighted by molar-refractivity contribution is 7.93. The molecule has 7 heteroatoms. The van der Waals surface area contributed by atoms with E-state index < -0.39 is 16.0 Å². The van der Waals surface area contributed by atoms with Gasteiger partial charge in [-0.1, -0.05) is 42.5 Å². The Labute approximate surface area is 167 Å². The van der Waals surface area contributed by atoms with E-state index in [1.165, 1.54) is 24.3 Å². The van der Waals surface area contributed by atoms with Gasteiger partial charge < -0.3 is 5.11 Å². The van der Waals surface area contributed by atoms with E-state index in [0.717, 1.165) is 5.56 Å². The molecule has 0 bridgehead atoms. The van der Waals surface area contributed by atoms with Crippen LogP contribution in [0.4, 0.5) is 5.69 Å². The van der Waals surface area contributed by atoms with Crippen LogP contribution in [0.2, 0.25) is 0 Å². The molecule has 0 spiro atoms. The standard InChI is InChI=1S/C22H14N2O4S/c25-22(26)18-12-11-16(15-6-2-1-3-7-15)14-20(18)24-29(27,28)21-10-4-9-19-17(21)8-5-13-23-19/h1-4,6-12,14,24H,(H,25,26). The molecule has 29 heavy (non-hydrogen) atoms. The predicted molar refractivity (Wildman–Crippen MR) is 109 cm³/mol. The second-order valence-electron chi connectivity index (χ2n) is 6.24. The zero-order valence-electron chi connectivity index (χ0n) is 15.0. The van der Waals surface area contributed by atoms with Crippen molar-refractivity contribution in [3.05, 3.63) is 90.6 Å². The molecule has 1 heterocycles. The number of nitrogens with one attached hydrogen (secondary N) is 1. The number of hydrogen-bond acceptors (Lipinski definition) is 4. The maximum absolute atomic E-state index is 13.1. The quantitative estimate of drug-likeness (QED) is 0.526. The molecule has 0 atom stereocenters. The Bertz CT molecular complexity index is 1310. The summed E-state index contributed by atoms with van der Waals surface area (Å²) in [6, 6.07) is 22.6. The van der Waals surface area contributed by atoms with Crippen molar-refractivity contribution in [2.45, 2.75) is 4.90 Å². The number of nitrogens with zero attached hydrogens (tertiary/aromatic N) is 1. The molecule has 1 aromatic heterocycles. The maximum Gasteiger partial charge on any atom is 0.337 e. The van der Waals surface area contributed by atoms with Gasteiger partial charge in [-0.2, -0.15) is 4.98 Å². The molecule has 0 radical (unpaired) electrons. The third-order valence-corrected chi connectivity index (χ3v) is 5.82. The molecule has 0 amide bonds. The van der Waals surface area contributed by atoms with Crippen LogP contribution in [0.5, 0.6) is 0 Å². The Morgan fingerprint density at radius 2 is 1.76 bits per heavy atom. The first-order valence-electron chi connectivity index (χ1n) is 8.59. The summed E-state index contributed by atoms with van der Waals surface area (Å²) >= 11 is 0. The van der Waals surface area contributed by atoms with E-state index in [-0.39, 0.29) is 16.1 Å². The summed E-state index contributed by atoms with van der Waals surface area (Å²) in [5.74, 6) is -1.23. The molecule has 6 nitrogen and oxygen atoms in total. The van der Waals surface area contributed by atoms with Crippen molar-refractivity contribution < 1.29 is 18.3 Å². The minimum atomic E-state index is -4.08. The molecule has 0 aliphatic heterocycles. The highest BCUT2D eigenvalue weighted by atomic mass is 32.2. The van der Waals surface area contributed by atoms with Gasteiger partial charge in [0.15, 0.2) is 0 Å². The number of aromatic carboxylic acids is 1. The third-order valence-electron chi connectivity index (χ3n) is 4.39. The second kappa shape index (κ2) is 7.26. The van der Waals surface area contributed by atoms with Gasteiger partial charge in [0, 0.05) is 17.6 Å². The highest BCUT2D eigenvalue weighted by Crippen LogP contribution is 2.29. The number of carboxylic acid groups (broad SMARTS) is 1. The van der Waals surface area contributed by atoms with Gasteiger partial charge in [0.05, 0.1) is 21.7 Å². The Kier molecular flexibility index (Phi) is 4.63. The van der Waals surface area contributed by atoms with Crippen molar-refractivity contribution in [1.82, 2.24) is 4.98 Å². The summed E-state index contributed by atoms with van der Waals surface area (Å²) in [6.07, 6.45) is 2.55. The molecule has 3 aromatic carbocycles. The van der Waals surface area contributed by atoms with Gasteiger partial charge >= 0.3 is 5.97 Å². The highest BCUT2D eigenvalue weighted by Gasteiger charge is 2.21. The molecule has 0 saturated heterocycles. The van der Waals surface area contributed by atoms with Gasteiger partial charge in [0.2, 0.25) is 0 Å². The molecule has 2 N–H and O–H groups in total. The lowest BCUT2D eigenvalue weighted by atomic mass is 10.0. The Balaban J connectivity index is 1.82. The first-order chi connectivity index (χ1) is 14.0. The largest absolute Gasteiger partial charge is 0.478 e. The molecule has 4 aromatic rings. The van der Waals surface area contributed by atoms with Crippen molar-refractivity contribution in [3.8, 4) is 11.1 Å². The van der Waals surface area contributed by atoms with E-state index >= 15 is 0 Å². The Morgan fingerprint density at radius 1 is 0.966 bits per heavy atom. The van der Waals surface area contributed by atoms with Crippen LogP contribution in [-0.4, -0.2) is 24.5 Å². The first-order valence-corrected chi connectivity index (χ1v) is 10.1. The molecule has 0 fully saturated rings. The normalized spacial score (nSPS) is 11.0. The number of hydrogen-bond donors (Lipinski definition) is 2. The van der Waals surface area contributed by atoms with Gasteiger partial charge in [0.25, 0.3) is 10.0 Å². The molecule has 0 saturated carbocycles. The summed E-state index contributed by atoms with van der Waals surface area (Å²) in [5.41, 5.74) is 1.81. The van der Waals surface area contributed by atoms with Gasteiger partial charge in [-0.15, -0.1) is 0 Å². The second-order valence-corrected chi connectivity index (χ2v) is 7.89. The monoisotopic (exact) mass is 402 g/mol. The van der Waals surface area contributed by atoms with E-state index in [2.05, 4.69) is 22.0 Å². The minimum absolute atomic E-state index is 0.0183. The number of benzene rings is 3. The molecule has 0 aliphatic rings. The fraction of sp³-hybridized carbons (Fsp3) is 0. The van der Waals surface area contributed by atoms with Crippen LogP contribution in [0.3, 0.4) is 0 Å². The van der Waals surface area contributed by atoms with Crippen LogP contribution in [0, 0.1) is 12.3 Å². The van der Waals surface area contributed by atoms with Gasteiger partial charge in [-0.3, -0.25) is 4.72 Å². The molecular formula is C22H14N2O4S. The number of carbonyl (C=O) groups is 1. The number of rotatable bonds is 5. The molecule has 4 rings (SSSR count). The summed E-state index contributed by atoms with van der Waals surface area (Å²) in [7, 11) is -4.08. The third kappa shape index (κ3) is 3.61. The molecule has 0 unspecified atom stereocenters. The van der Waals surface area contributed by atoms with Crippen LogP contribution in [-0.2, 0) is 10.0 Å². The lowest BCUT2D eigenvalue weighted by molar-refractivity contribution is 0.0698. The lowest BCUT2D eigenvalue weighted by Gasteiger charge is -2.13. The number of sulfonamides is 1. The predicted octanol–water partition coefficient (Wildman–Crippen LogP) is 4.00. The van der Waals surface area contributed by atoms with Crippen molar-refractivity contribution >= 4 is 32.6 Å². The average Bonchev–Trinajstić information content (AvgIpc) is 2.73. The molecular weight excluding hydrogens is 388 g/mol. The number of aromatic nitrogens is 1. The van der Waals surface area contributed by atoms with Gasteiger partial charge in [-0.05, 0) is 41.5 Å². The summed E-state index contributed by atoms with van der Waals surface area (Å²) in [5, 5.41) is 9.88. The number of carboxylic acids is 1. The SMILES string of the molecule is O=C(O)c1ccc(-c2ccccc2)cc1NS(=O)(=O)c1cccc2nc#ccc12. The van der Waals surface area contributed by atoms with Gasteiger partial charge in [0.1, 0.15) is 0 Å². The van der Waals surface area contributed by atoms with Crippen LogP contribution in [0.15, 0.2) is 77.7 Å². The number of anilines is 1. The Morgan fingerprint density at radius 3 is 2.52 bits per heavy atom. The van der Waals surface area contributed by atoms with E-state index in [0.29, 0.717) is 16.5 Å². The minimum Gasteiger partial charge on any atom is -0.478 e. The molecule has 142 valence electrons. The lowest BCUT2D eigenvalue weighted by Crippen LogP contribution is -2.16. The zero-order valence-corrected chi connectivity index (χ0v) is 15.8. The van der Waals surface area contributed by atoms with Crippen molar-refractivity contribution in [3.63, 3.8) is 0 Å². The van der Waals surface area contributed by atoms with Crippen molar-refractivity contribution in [2.24, 2.45) is 0 Å². The molecule has 0 aliphatic carbocycles. The van der Waals surface area contributed by atoms with Crippen molar-refractivity contribution in [1.29, 1.82) is 0 Å². The van der Waals surface area contributed by atoms with Gasteiger partial charge in [-0.25, -0.2) is 13.2 Å². The zero-order chi connectivity index (χ0) is 20.4. The first kappa shape index (κ1) is 18.5. The van der Waals surface area contributed by atoms with E-state index in [1.54, 1.807) is 18.2 Å². The van der Waals surface area contributed by atoms with E-state index in [9.17, 15) is 18.3 Å². The summed E-state index contributed by atoms with van der Waals surface area (Å²) in [6.45, 7) is 0.